The van der Waals surface area contributed by atoms with E-state index in [-0.39, 0.29) is 0 Å². The molecule has 0 aliphatic carbocycles. The number of nitrogens with one attached hydrogen (secondary N) is 1. The number of tetrazole rings is 1. The molecule has 0 radical (unpaired) electrons. The van der Waals surface area contributed by atoms with Crippen molar-refractivity contribution in [3.63, 3.8) is 0 Å². The predicted molar refractivity (Wildman–Crippen MR) is 148 cm³/mol. The SMILES string of the molecule is CCCOc1ccc(C2C(C(=O)OC)=C(CSc3nnc(-c4ccccc4)s3)Nc3nnnn32)cc1OCC. The molecule has 39 heavy (non-hydrogen) atoms. The molecule has 0 saturated heterocycles. The number of ether oxygens (including phenoxy) is 3. The molecule has 13 heteroatoms. The van der Waals surface area contributed by atoms with E-state index >= 15 is 0 Å². The van der Waals surface area contributed by atoms with E-state index in [0.717, 1.165) is 26.9 Å². The maximum Gasteiger partial charge on any atom is 0.338 e. The Hall–Kier alpha value is -3.97. The molecule has 4 aromatic rings. The molecule has 1 N–H and O–H groups in total. The maximum atomic E-state index is 13.2. The minimum absolute atomic E-state index is 0.391. The summed E-state index contributed by atoms with van der Waals surface area (Å²) < 4.78 is 19.3. The van der Waals surface area contributed by atoms with E-state index in [1.807, 2.05) is 62.4 Å². The van der Waals surface area contributed by atoms with Crippen LogP contribution in [0.3, 0.4) is 0 Å². The predicted octanol–water partition coefficient (Wildman–Crippen LogP) is 4.61. The van der Waals surface area contributed by atoms with Crippen LogP contribution < -0.4 is 14.8 Å². The van der Waals surface area contributed by atoms with Crippen molar-refractivity contribution < 1.29 is 19.0 Å². The summed E-state index contributed by atoms with van der Waals surface area (Å²) in [6.07, 6.45) is 0.868. The Kier molecular flexibility index (Phi) is 8.37. The fourth-order valence-corrected chi connectivity index (χ4v) is 5.93. The van der Waals surface area contributed by atoms with Crippen LogP contribution in [0.2, 0.25) is 0 Å². The second kappa shape index (κ2) is 12.3. The van der Waals surface area contributed by atoms with Gasteiger partial charge in [-0.3, -0.25) is 0 Å². The van der Waals surface area contributed by atoms with Crippen molar-refractivity contribution in [3.8, 4) is 22.1 Å². The topological polar surface area (TPSA) is 126 Å². The molecule has 0 saturated carbocycles. The van der Waals surface area contributed by atoms with Crippen molar-refractivity contribution in [2.24, 2.45) is 0 Å². The molecular formula is C26H27N7O4S2. The number of benzene rings is 2. The van der Waals surface area contributed by atoms with E-state index in [0.29, 0.717) is 47.7 Å². The number of anilines is 1. The number of nitrogens with zero attached hydrogens (tertiary/aromatic N) is 6. The Morgan fingerprint density at radius 2 is 1.92 bits per heavy atom. The Bertz CT molecular complexity index is 1470. The van der Waals surface area contributed by atoms with Gasteiger partial charge in [-0.2, -0.15) is 4.68 Å². The van der Waals surface area contributed by atoms with Gasteiger partial charge in [0.05, 0.1) is 25.9 Å². The third-order valence-corrected chi connectivity index (χ3v) is 7.95. The molecule has 1 unspecified atom stereocenters. The summed E-state index contributed by atoms with van der Waals surface area (Å²) >= 11 is 2.95. The van der Waals surface area contributed by atoms with Crippen LogP contribution >= 0.6 is 23.1 Å². The molecule has 0 bridgehead atoms. The summed E-state index contributed by atoms with van der Waals surface area (Å²) in [7, 11) is 1.36. The van der Waals surface area contributed by atoms with E-state index in [1.165, 1.54) is 30.2 Å². The van der Waals surface area contributed by atoms with Gasteiger partial charge < -0.3 is 19.5 Å². The van der Waals surface area contributed by atoms with Crippen LogP contribution in [0.25, 0.3) is 10.6 Å². The molecule has 1 aliphatic rings. The molecule has 5 rings (SSSR count). The lowest BCUT2D eigenvalue weighted by Gasteiger charge is -2.28. The summed E-state index contributed by atoms with van der Waals surface area (Å²) in [6, 6.07) is 14.8. The number of thioether (sulfide) groups is 1. The van der Waals surface area contributed by atoms with Crippen LogP contribution in [0.5, 0.6) is 11.5 Å². The quantitative estimate of drug-likeness (QED) is 0.202. The van der Waals surface area contributed by atoms with Crippen molar-refractivity contribution in [1.29, 1.82) is 0 Å². The van der Waals surface area contributed by atoms with Gasteiger partial charge in [-0.15, -0.1) is 10.2 Å². The fraction of sp³-hybridized carbons (Fsp3) is 0.308. The van der Waals surface area contributed by atoms with Gasteiger partial charge in [-0.05, 0) is 41.5 Å². The first-order chi connectivity index (χ1) is 19.1. The molecule has 0 fully saturated rings. The molecule has 1 aliphatic heterocycles. The molecule has 2 aromatic carbocycles. The van der Waals surface area contributed by atoms with E-state index in [2.05, 4.69) is 31.0 Å². The highest BCUT2D eigenvalue weighted by atomic mass is 32.2. The molecule has 3 heterocycles. The molecule has 0 spiro atoms. The van der Waals surface area contributed by atoms with Crippen molar-refractivity contribution >= 4 is 35.0 Å². The van der Waals surface area contributed by atoms with Crippen LogP contribution in [0.15, 0.2) is 64.1 Å². The largest absolute Gasteiger partial charge is 0.490 e. The van der Waals surface area contributed by atoms with Crippen molar-refractivity contribution in [3.05, 3.63) is 65.4 Å². The summed E-state index contributed by atoms with van der Waals surface area (Å²) in [5.74, 6) is 1.54. The van der Waals surface area contributed by atoms with Crippen molar-refractivity contribution in [2.75, 3.05) is 31.4 Å². The lowest BCUT2D eigenvalue weighted by Crippen LogP contribution is -2.31. The van der Waals surface area contributed by atoms with E-state index in [9.17, 15) is 4.79 Å². The Morgan fingerprint density at radius 1 is 1.08 bits per heavy atom. The number of carbonyl (C=O) groups is 1. The molecular weight excluding hydrogens is 538 g/mol. The molecule has 11 nitrogen and oxygen atoms in total. The average molecular weight is 566 g/mol. The zero-order valence-electron chi connectivity index (χ0n) is 21.7. The Balaban J connectivity index is 1.50. The highest BCUT2D eigenvalue weighted by molar-refractivity contribution is 8.01. The smallest absolute Gasteiger partial charge is 0.338 e. The first-order valence-corrected chi connectivity index (χ1v) is 14.2. The third kappa shape index (κ3) is 5.73. The van der Waals surface area contributed by atoms with Gasteiger partial charge in [0.25, 0.3) is 0 Å². The van der Waals surface area contributed by atoms with Gasteiger partial charge in [0.2, 0.25) is 5.95 Å². The van der Waals surface area contributed by atoms with Crippen LogP contribution in [-0.4, -0.2) is 62.5 Å². The van der Waals surface area contributed by atoms with E-state index in [1.54, 1.807) is 4.68 Å². The minimum atomic E-state index is -0.645. The molecule has 0 amide bonds. The number of hydrogen-bond acceptors (Lipinski definition) is 12. The van der Waals surface area contributed by atoms with Crippen LogP contribution in [0.1, 0.15) is 31.9 Å². The number of hydrogen-bond donors (Lipinski definition) is 1. The minimum Gasteiger partial charge on any atom is -0.490 e. The van der Waals surface area contributed by atoms with E-state index < -0.39 is 12.0 Å². The Morgan fingerprint density at radius 3 is 2.69 bits per heavy atom. The first kappa shape index (κ1) is 26.6. The Labute approximate surface area is 233 Å². The summed E-state index contributed by atoms with van der Waals surface area (Å²) in [6.45, 7) is 4.98. The fourth-order valence-electron chi connectivity index (χ4n) is 4.10. The van der Waals surface area contributed by atoms with Crippen molar-refractivity contribution in [1.82, 2.24) is 30.4 Å². The summed E-state index contributed by atoms with van der Waals surface area (Å²) in [5.41, 5.74) is 2.77. The highest BCUT2D eigenvalue weighted by Gasteiger charge is 2.36. The summed E-state index contributed by atoms with van der Waals surface area (Å²) in [4.78, 5) is 13.2. The van der Waals surface area contributed by atoms with Gasteiger partial charge in [-0.1, -0.05) is 71.5 Å². The van der Waals surface area contributed by atoms with Crippen molar-refractivity contribution in [2.45, 2.75) is 30.6 Å². The van der Waals surface area contributed by atoms with Gasteiger partial charge in [0.15, 0.2) is 15.8 Å². The molecule has 1 atom stereocenters. The number of rotatable bonds is 11. The van der Waals surface area contributed by atoms with E-state index in [4.69, 9.17) is 14.2 Å². The normalized spacial score (nSPS) is 14.5. The first-order valence-electron chi connectivity index (χ1n) is 12.4. The number of esters is 1. The number of fused-ring (bicyclic) bond motifs is 1. The van der Waals surface area contributed by atoms with Gasteiger partial charge in [0.1, 0.15) is 11.0 Å². The van der Waals surface area contributed by atoms with Gasteiger partial charge in [0, 0.05) is 17.0 Å². The highest BCUT2D eigenvalue weighted by Crippen LogP contribution is 2.40. The van der Waals surface area contributed by atoms with Gasteiger partial charge >= 0.3 is 5.97 Å². The lowest BCUT2D eigenvalue weighted by atomic mass is 9.95. The number of carbonyl (C=O) groups excluding carboxylic acids is 1. The second-order valence-corrected chi connectivity index (χ2v) is 10.6. The lowest BCUT2D eigenvalue weighted by molar-refractivity contribution is -0.136. The van der Waals surface area contributed by atoms with Gasteiger partial charge in [-0.25, -0.2) is 4.79 Å². The molecule has 2 aromatic heterocycles. The monoisotopic (exact) mass is 565 g/mol. The zero-order chi connectivity index (χ0) is 27.2. The second-order valence-electron chi connectivity index (χ2n) is 8.37. The number of aromatic nitrogens is 6. The molecule has 202 valence electrons. The zero-order valence-corrected chi connectivity index (χ0v) is 23.3. The van der Waals surface area contributed by atoms with Crippen LogP contribution in [-0.2, 0) is 9.53 Å². The average Bonchev–Trinajstić information content (AvgIpc) is 3.64. The third-order valence-electron chi connectivity index (χ3n) is 5.82. The number of methoxy groups -OCH3 is 1. The van der Waals surface area contributed by atoms with Crippen LogP contribution in [0.4, 0.5) is 5.95 Å². The maximum absolute atomic E-state index is 13.2. The standard InChI is InChI=1S/C26H27N7O4S2/c1-4-13-37-19-12-11-17(14-20(19)36-5-2)22-21(24(34)35-3)18(27-25-29-31-32-33(22)25)15-38-26-30-28-23(39-26)16-9-7-6-8-10-16/h6-12,14,22H,4-5,13,15H2,1-3H3,(H,27,29,32). The van der Waals surface area contributed by atoms with Crippen LogP contribution in [0, 0.1) is 0 Å². The summed E-state index contributed by atoms with van der Waals surface area (Å²) in [5, 5.41) is 24.8.